The molecule has 1 fully saturated rings. The number of piperazine rings is 1. The molecule has 130 valence electrons. The summed E-state index contributed by atoms with van der Waals surface area (Å²) in [4.78, 5) is 14.9. The van der Waals surface area contributed by atoms with Crippen LogP contribution in [0.15, 0.2) is 48.5 Å². The number of carbonyl (C=O) groups excluding carboxylic acids is 1. The van der Waals surface area contributed by atoms with Gasteiger partial charge in [0.1, 0.15) is 0 Å². The highest BCUT2D eigenvalue weighted by Crippen LogP contribution is 2.29. The lowest BCUT2D eigenvalue weighted by atomic mass is 10.0. The Hall–Kier alpha value is -1.88. The number of benzene rings is 2. The monoisotopic (exact) mass is 355 g/mol. The van der Waals surface area contributed by atoms with E-state index < -0.39 is 0 Å². The average molecular weight is 356 g/mol. The highest BCUT2D eigenvalue weighted by atomic mass is 35.5. The van der Waals surface area contributed by atoms with E-state index in [1.165, 1.54) is 11.1 Å². The molecule has 0 aromatic heterocycles. The first kappa shape index (κ1) is 16.6. The average Bonchev–Trinajstić information content (AvgIpc) is 2.64. The van der Waals surface area contributed by atoms with E-state index in [-0.39, 0.29) is 5.91 Å². The lowest BCUT2D eigenvalue weighted by Crippen LogP contribution is -2.56. The van der Waals surface area contributed by atoms with Crippen LogP contribution in [0.5, 0.6) is 0 Å². The minimum Gasteiger partial charge on any atom is -0.296 e. The van der Waals surface area contributed by atoms with E-state index in [0.717, 1.165) is 49.9 Å². The number of hydrazine groups is 1. The predicted molar refractivity (Wildman–Crippen MR) is 101 cm³/mol. The van der Waals surface area contributed by atoms with Crippen molar-refractivity contribution in [3.63, 3.8) is 0 Å². The Labute approximate surface area is 153 Å². The van der Waals surface area contributed by atoms with Gasteiger partial charge >= 0.3 is 0 Å². The van der Waals surface area contributed by atoms with Gasteiger partial charge in [0.2, 0.25) is 5.91 Å². The number of nitrogens with zero attached hydrogens (tertiary/aromatic N) is 3. The molecule has 1 amide bonds. The van der Waals surface area contributed by atoms with Gasteiger partial charge in [-0.1, -0.05) is 41.9 Å². The second-order valence-electron chi connectivity index (χ2n) is 6.69. The minimum atomic E-state index is 0.213. The van der Waals surface area contributed by atoms with Crippen LogP contribution in [0.4, 0.5) is 5.69 Å². The van der Waals surface area contributed by atoms with Gasteiger partial charge in [0.05, 0.1) is 5.69 Å². The molecule has 2 aliphatic rings. The Kier molecular flexibility index (Phi) is 4.75. The molecule has 25 heavy (non-hydrogen) atoms. The van der Waals surface area contributed by atoms with Crippen molar-refractivity contribution in [1.82, 2.24) is 9.91 Å². The fourth-order valence-corrected chi connectivity index (χ4v) is 3.79. The zero-order valence-corrected chi connectivity index (χ0v) is 15.0. The number of hydrogen-bond donors (Lipinski definition) is 0. The summed E-state index contributed by atoms with van der Waals surface area (Å²) in [6.45, 7) is 4.57. The maximum Gasteiger partial charge on any atom is 0.241 e. The SMILES string of the molecule is O=C1CCc2ccccc2N1N1CCN(Cc2ccc(Cl)cc2)CC1. The smallest absolute Gasteiger partial charge is 0.241 e. The van der Waals surface area contributed by atoms with Crippen molar-refractivity contribution in [3.8, 4) is 0 Å². The Morgan fingerprint density at radius 3 is 2.36 bits per heavy atom. The first-order valence-electron chi connectivity index (χ1n) is 8.83. The molecule has 0 unspecified atom stereocenters. The Bertz CT molecular complexity index is 754. The van der Waals surface area contributed by atoms with Gasteiger partial charge in [-0.15, -0.1) is 0 Å². The maximum atomic E-state index is 12.5. The van der Waals surface area contributed by atoms with Gasteiger partial charge in [0, 0.05) is 44.2 Å². The van der Waals surface area contributed by atoms with Crippen LogP contribution < -0.4 is 5.01 Å². The van der Waals surface area contributed by atoms with E-state index in [9.17, 15) is 4.79 Å². The van der Waals surface area contributed by atoms with Gasteiger partial charge in [-0.2, -0.15) is 0 Å². The Morgan fingerprint density at radius 1 is 0.880 bits per heavy atom. The zero-order chi connectivity index (χ0) is 17.2. The zero-order valence-electron chi connectivity index (χ0n) is 14.2. The predicted octanol–water partition coefficient (Wildman–Crippen LogP) is 3.35. The maximum absolute atomic E-state index is 12.5. The third-order valence-electron chi connectivity index (χ3n) is 5.02. The molecule has 4 rings (SSSR count). The Balaban J connectivity index is 1.42. The lowest BCUT2D eigenvalue weighted by Gasteiger charge is -2.43. The van der Waals surface area contributed by atoms with Crippen molar-refractivity contribution in [1.29, 1.82) is 0 Å². The number of para-hydroxylation sites is 1. The van der Waals surface area contributed by atoms with Crippen molar-refractivity contribution >= 4 is 23.2 Å². The van der Waals surface area contributed by atoms with Crippen LogP contribution in [0.25, 0.3) is 0 Å². The number of halogens is 1. The summed E-state index contributed by atoms with van der Waals surface area (Å²) in [5, 5.41) is 4.90. The first-order chi connectivity index (χ1) is 12.2. The van der Waals surface area contributed by atoms with Crippen LogP contribution in [0.3, 0.4) is 0 Å². The molecule has 1 saturated heterocycles. The molecule has 0 saturated carbocycles. The number of amides is 1. The van der Waals surface area contributed by atoms with Crippen molar-refractivity contribution in [2.75, 3.05) is 31.2 Å². The molecule has 0 radical (unpaired) electrons. The van der Waals surface area contributed by atoms with Crippen LogP contribution in [-0.2, 0) is 17.8 Å². The minimum absolute atomic E-state index is 0.213. The van der Waals surface area contributed by atoms with E-state index in [0.29, 0.717) is 6.42 Å². The van der Waals surface area contributed by atoms with E-state index in [1.54, 1.807) is 0 Å². The van der Waals surface area contributed by atoms with Gasteiger partial charge in [0.25, 0.3) is 0 Å². The van der Waals surface area contributed by atoms with E-state index in [2.05, 4.69) is 40.2 Å². The van der Waals surface area contributed by atoms with Gasteiger partial charge in [0.15, 0.2) is 0 Å². The van der Waals surface area contributed by atoms with Crippen molar-refractivity contribution in [2.24, 2.45) is 0 Å². The molecule has 5 heteroatoms. The first-order valence-corrected chi connectivity index (χ1v) is 9.21. The molecule has 0 bridgehead atoms. The number of hydrogen-bond acceptors (Lipinski definition) is 3. The van der Waals surface area contributed by atoms with Crippen molar-refractivity contribution in [3.05, 3.63) is 64.7 Å². The third kappa shape index (κ3) is 3.56. The van der Waals surface area contributed by atoms with Crippen LogP contribution in [0.1, 0.15) is 17.5 Å². The van der Waals surface area contributed by atoms with Crippen LogP contribution >= 0.6 is 11.6 Å². The second-order valence-corrected chi connectivity index (χ2v) is 7.13. The van der Waals surface area contributed by atoms with Gasteiger partial charge < -0.3 is 0 Å². The standard InChI is InChI=1S/C20H22ClN3O/c21-18-8-5-16(6-9-18)15-22-11-13-23(14-12-22)24-19-4-2-1-3-17(19)7-10-20(24)25/h1-6,8-9H,7,10-15H2. The molecule has 2 aromatic carbocycles. The normalized spacial score (nSPS) is 19.1. The fourth-order valence-electron chi connectivity index (χ4n) is 3.66. The second kappa shape index (κ2) is 7.16. The molecule has 2 heterocycles. The molecule has 0 atom stereocenters. The van der Waals surface area contributed by atoms with Crippen molar-refractivity contribution in [2.45, 2.75) is 19.4 Å². The fraction of sp³-hybridized carbons (Fsp3) is 0.350. The summed E-state index contributed by atoms with van der Waals surface area (Å²) in [5.41, 5.74) is 3.60. The number of aryl methyl sites for hydroxylation is 1. The topological polar surface area (TPSA) is 26.8 Å². The highest BCUT2D eigenvalue weighted by Gasteiger charge is 2.31. The molecule has 0 spiro atoms. The lowest BCUT2D eigenvalue weighted by molar-refractivity contribution is -0.122. The molecule has 0 N–H and O–H groups in total. The van der Waals surface area contributed by atoms with Gasteiger partial charge in [-0.25, -0.2) is 10.0 Å². The summed E-state index contributed by atoms with van der Waals surface area (Å²) < 4.78 is 0. The van der Waals surface area contributed by atoms with Crippen LogP contribution in [-0.4, -0.2) is 42.0 Å². The largest absolute Gasteiger partial charge is 0.296 e. The number of fused-ring (bicyclic) bond motifs is 1. The third-order valence-corrected chi connectivity index (χ3v) is 5.27. The van der Waals surface area contributed by atoms with Crippen molar-refractivity contribution < 1.29 is 4.79 Å². The molecule has 0 aliphatic carbocycles. The molecule has 2 aliphatic heterocycles. The quantitative estimate of drug-likeness (QED) is 0.844. The number of carbonyl (C=O) groups is 1. The number of rotatable bonds is 3. The molecular formula is C20H22ClN3O. The van der Waals surface area contributed by atoms with Gasteiger partial charge in [-0.05, 0) is 35.7 Å². The summed E-state index contributed by atoms with van der Waals surface area (Å²) in [7, 11) is 0. The van der Waals surface area contributed by atoms with E-state index >= 15 is 0 Å². The van der Waals surface area contributed by atoms with E-state index in [1.807, 2.05) is 23.2 Å². The van der Waals surface area contributed by atoms with Gasteiger partial charge in [-0.3, -0.25) is 9.69 Å². The van der Waals surface area contributed by atoms with Crippen LogP contribution in [0.2, 0.25) is 5.02 Å². The summed E-state index contributed by atoms with van der Waals surface area (Å²) in [6, 6.07) is 16.3. The molecular weight excluding hydrogens is 334 g/mol. The number of anilines is 1. The molecule has 4 nitrogen and oxygen atoms in total. The molecule has 2 aromatic rings. The Morgan fingerprint density at radius 2 is 1.60 bits per heavy atom. The summed E-state index contributed by atoms with van der Waals surface area (Å²) >= 11 is 5.96. The van der Waals surface area contributed by atoms with E-state index in [4.69, 9.17) is 11.6 Å². The summed E-state index contributed by atoms with van der Waals surface area (Å²) in [6.07, 6.45) is 1.45. The highest BCUT2D eigenvalue weighted by molar-refractivity contribution is 6.30. The summed E-state index contributed by atoms with van der Waals surface area (Å²) in [5.74, 6) is 0.213. The van der Waals surface area contributed by atoms with Crippen LogP contribution in [0, 0.1) is 0 Å².